The summed E-state index contributed by atoms with van der Waals surface area (Å²) in [5.74, 6) is -1.73. The predicted octanol–water partition coefficient (Wildman–Crippen LogP) is 6.71. The summed E-state index contributed by atoms with van der Waals surface area (Å²) in [5, 5.41) is 15.8. The first kappa shape index (κ1) is 40.1. The Morgan fingerprint density at radius 1 is 0.771 bits per heavy atom. The Hall–Kier alpha value is -4.08. The van der Waals surface area contributed by atoms with E-state index < -0.39 is 59.2 Å². The van der Waals surface area contributed by atoms with Crippen LogP contribution in [0.5, 0.6) is 5.75 Å². The summed E-state index contributed by atoms with van der Waals surface area (Å²) in [6.07, 6.45) is 0.759. The number of phenolic OH excluding ortho intramolecular Hbond substituents is 1. The molecule has 2 aromatic carbocycles. The Labute approximate surface area is 287 Å². The van der Waals surface area contributed by atoms with Crippen molar-refractivity contribution < 1.29 is 33.8 Å². The van der Waals surface area contributed by atoms with Crippen LogP contribution in [0.15, 0.2) is 54.6 Å². The fourth-order valence-corrected chi connectivity index (χ4v) is 5.18. The predicted molar refractivity (Wildman–Crippen MR) is 187 cm³/mol. The largest absolute Gasteiger partial charge is 0.508 e. The third-order valence-corrected chi connectivity index (χ3v) is 7.52. The summed E-state index contributed by atoms with van der Waals surface area (Å²) in [6, 6.07) is 11.6. The highest BCUT2D eigenvalue weighted by Gasteiger charge is 2.41. The molecule has 3 N–H and O–H groups in total. The van der Waals surface area contributed by atoms with Crippen molar-refractivity contribution in [3.05, 3.63) is 65.7 Å². The number of nitrogens with one attached hydrogen (secondary N) is 2. The number of hydrogen-bond donors (Lipinski definition) is 3. The molecule has 0 aliphatic rings. The Balaban J connectivity index is 2.69. The summed E-state index contributed by atoms with van der Waals surface area (Å²) < 4.78 is 11.2. The zero-order valence-corrected chi connectivity index (χ0v) is 30.6. The van der Waals surface area contributed by atoms with Gasteiger partial charge in [0, 0.05) is 12.5 Å². The van der Waals surface area contributed by atoms with Gasteiger partial charge in [-0.1, -0.05) is 70.2 Å². The second-order valence-corrected chi connectivity index (χ2v) is 15.2. The highest BCUT2D eigenvalue weighted by Crippen LogP contribution is 2.30. The zero-order chi connectivity index (χ0) is 36.4. The Morgan fingerprint density at radius 2 is 1.33 bits per heavy atom. The molecular formula is C38H57N3O7. The van der Waals surface area contributed by atoms with Crippen LogP contribution < -0.4 is 10.6 Å². The number of carbonyl (C=O) groups is 4. The zero-order valence-electron chi connectivity index (χ0n) is 30.6. The number of rotatable bonds is 14. The van der Waals surface area contributed by atoms with Crippen LogP contribution in [-0.4, -0.2) is 63.2 Å². The van der Waals surface area contributed by atoms with E-state index in [4.69, 9.17) is 9.47 Å². The van der Waals surface area contributed by atoms with E-state index in [1.165, 1.54) is 17.0 Å². The normalized spacial score (nSPS) is 14.4. The molecule has 48 heavy (non-hydrogen) atoms. The fraction of sp³-hybridized carbons (Fsp3) is 0.579. The lowest BCUT2D eigenvalue weighted by molar-refractivity contribution is -0.159. The second-order valence-electron chi connectivity index (χ2n) is 15.2. The maximum atomic E-state index is 14.7. The van der Waals surface area contributed by atoms with E-state index in [-0.39, 0.29) is 18.1 Å². The van der Waals surface area contributed by atoms with Gasteiger partial charge in [0.2, 0.25) is 11.8 Å². The van der Waals surface area contributed by atoms with Crippen molar-refractivity contribution in [2.75, 3.05) is 0 Å². The topological polar surface area (TPSA) is 134 Å². The Kier molecular flexibility index (Phi) is 14.5. The molecule has 0 bridgehead atoms. The van der Waals surface area contributed by atoms with Gasteiger partial charge in [0.25, 0.3) is 0 Å². The van der Waals surface area contributed by atoms with Gasteiger partial charge in [0.1, 0.15) is 35.1 Å². The molecule has 0 saturated heterocycles. The van der Waals surface area contributed by atoms with Crippen LogP contribution >= 0.6 is 0 Å². The maximum Gasteiger partial charge on any atom is 0.408 e. The fourth-order valence-electron chi connectivity index (χ4n) is 5.18. The molecule has 0 aliphatic carbocycles. The van der Waals surface area contributed by atoms with Crippen LogP contribution in [0.3, 0.4) is 0 Å². The summed E-state index contributed by atoms with van der Waals surface area (Å²) >= 11 is 0. The van der Waals surface area contributed by atoms with Crippen LogP contribution in [0, 0.1) is 11.8 Å². The summed E-state index contributed by atoms with van der Waals surface area (Å²) in [5.41, 5.74) is -0.354. The van der Waals surface area contributed by atoms with Crippen molar-refractivity contribution in [3.63, 3.8) is 0 Å². The minimum atomic E-state index is -1.22. The van der Waals surface area contributed by atoms with Gasteiger partial charge in [-0.25, -0.2) is 9.59 Å². The molecule has 0 aromatic heterocycles. The van der Waals surface area contributed by atoms with Crippen LogP contribution in [0.1, 0.15) is 106 Å². The van der Waals surface area contributed by atoms with Gasteiger partial charge in [-0.15, -0.1) is 0 Å². The van der Waals surface area contributed by atoms with Gasteiger partial charge in [0.05, 0.1) is 0 Å². The average Bonchev–Trinajstić information content (AvgIpc) is 2.96. The van der Waals surface area contributed by atoms with Crippen molar-refractivity contribution in [2.45, 2.75) is 131 Å². The van der Waals surface area contributed by atoms with Crippen molar-refractivity contribution in [1.82, 2.24) is 15.5 Å². The smallest absolute Gasteiger partial charge is 0.408 e. The molecule has 2 aromatic rings. The third-order valence-electron chi connectivity index (χ3n) is 7.52. The molecule has 266 valence electrons. The van der Waals surface area contributed by atoms with E-state index in [1.54, 1.807) is 53.7 Å². The SMILES string of the molecule is CC(C)CCC(C)N(C(=O)C(NC(=O)OC(C)(C)C)C(C)C)C(C(=O)NC(Cc1ccccc1)C(=O)OC(C)(C)C)c1ccc(O)cc1. The van der Waals surface area contributed by atoms with Gasteiger partial charge in [-0.05, 0) is 96.4 Å². The molecule has 0 saturated carbocycles. The minimum absolute atomic E-state index is 0.00833. The van der Waals surface area contributed by atoms with Crippen LogP contribution in [0.4, 0.5) is 4.79 Å². The number of esters is 1. The minimum Gasteiger partial charge on any atom is -0.508 e. The Bertz CT molecular complexity index is 1350. The number of nitrogens with zero attached hydrogens (tertiary/aromatic N) is 1. The highest BCUT2D eigenvalue weighted by molar-refractivity contribution is 5.94. The number of hydrogen-bond acceptors (Lipinski definition) is 7. The first-order chi connectivity index (χ1) is 22.2. The van der Waals surface area contributed by atoms with Crippen molar-refractivity contribution in [1.29, 1.82) is 0 Å². The highest BCUT2D eigenvalue weighted by atomic mass is 16.6. The second kappa shape index (κ2) is 17.4. The summed E-state index contributed by atoms with van der Waals surface area (Å²) in [4.78, 5) is 57.3. The quantitative estimate of drug-likeness (QED) is 0.191. The van der Waals surface area contributed by atoms with Crippen molar-refractivity contribution >= 4 is 23.9 Å². The number of ether oxygens (including phenoxy) is 2. The molecule has 0 aliphatic heterocycles. The van der Waals surface area contributed by atoms with E-state index >= 15 is 0 Å². The molecule has 4 unspecified atom stereocenters. The number of carbonyl (C=O) groups excluding carboxylic acids is 4. The number of phenols is 1. The molecule has 0 heterocycles. The monoisotopic (exact) mass is 667 g/mol. The first-order valence-electron chi connectivity index (χ1n) is 16.9. The van der Waals surface area contributed by atoms with E-state index in [2.05, 4.69) is 24.5 Å². The van der Waals surface area contributed by atoms with E-state index in [1.807, 2.05) is 51.1 Å². The van der Waals surface area contributed by atoms with Gasteiger partial charge >= 0.3 is 12.1 Å². The molecule has 4 atom stereocenters. The van der Waals surface area contributed by atoms with Gasteiger partial charge in [-0.3, -0.25) is 9.59 Å². The molecule has 0 fully saturated rings. The molecule has 10 nitrogen and oxygen atoms in total. The lowest BCUT2D eigenvalue weighted by Crippen LogP contribution is -2.58. The van der Waals surface area contributed by atoms with Crippen LogP contribution in [-0.2, 0) is 30.3 Å². The van der Waals surface area contributed by atoms with Gasteiger partial charge in [0.15, 0.2) is 0 Å². The molecular weight excluding hydrogens is 610 g/mol. The van der Waals surface area contributed by atoms with E-state index in [0.717, 1.165) is 12.0 Å². The van der Waals surface area contributed by atoms with Crippen LogP contribution in [0.25, 0.3) is 0 Å². The maximum absolute atomic E-state index is 14.7. The molecule has 3 amide bonds. The number of amides is 3. The van der Waals surface area contributed by atoms with E-state index in [0.29, 0.717) is 17.9 Å². The molecule has 10 heteroatoms. The Morgan fingerprint density at radius 3 is 1.83 bits per heavy atom. The molecule has 0 radical (unpaired) electrons. The standard InChI is InChI=1S/C38H57N3O7/c1-24(2)17-18-26(5)41(34(44)31(25(3)4)40-36(46)48-38(9,10)11)32(28-19-21-29(42)22-20-28)33(43)39-30(35(45)47-37(6,7)8)23-27-15-13-12-14-16-27/h12-16,19-22,24-26,30-32,42H,17-18,23H2,1-11H3,(H,39,43)(H,40,46). The molecule has 2 rings (SSSR count). The summed E-state index contributed by atoms with van der Waals surface area (Å²) in [6.45, 7) is 20.1. The first-order valence-corrected chi connectivity index (χ1v) is 16.9. The van der Waals surface area contributed by atoms with Crippen molar-refractivity contribution in [2.24, 2.45) is 11.8 Å². The number of benzene rings is 2. The van der Waals surface area contributed by atoms with Gasteiger partial charge < -0.3 is 30.1 Å². The number of aromatic hydroxyl groups is 1. The van der Waals surface area contributed by atoms with Crippen LogP contribution in [0.2, 0.25) is 0 Å². The number of alkyl carbamates (subject to hydrolysis) is 1. The van der Waals surface area contributed by atoms with Crippen molar-refractivity contribution in [3.8, 4) is 5.75 Å². The molecule has 0 spiro atoms. The third kappa shape index (κ3) is 13.2. The van der Waals surface area contributed by atoms with E-state index in [9.17, 15) is 24.3 Å². The summed E-state index contributed by atoms with van der Waals surface area (Å²) in [7, 11) is 0. The lowest BCUT2D eigenvalue weighted by Gasteiger charge is -2.40. The van der Waals surface area contributed by atoms with Gasteiger partial charge in [-0.2, -0.15) is 0 Å². The average molecular weight is 668 g/mol. The lowest BCUT2D eigenvalue weighted by atomic mass is 9.94.